The standard InChI is InChI=1S/C15H14N2O6S/c1-16(12-8-6-11(7-9-12)15(18)23-2)24(21,22)14-5-3-4-13(10-14)17(19)20/h3-10H,1-2H3. The summed E-state index contributed by atoms with van der Waals surface area (Å²) in [5.74, 6) is -0.536. The zero-order valence-corrected chi connectivity index (χ0v) is 13.7. The third-order valence-electron chi connectivity index (χ3n) is 3.34. The SMILES string of the molecule is COC(=O)c1ccc(N(C)S(=O)(=O)c2cccc([N+](=O)[O-])c2)cc1. The van der Waals surface area contributed by atoms with Gasteiger partial charge >= 0.3 is 5.97 Å². The molecule has 8 nitrogen and oxygen atoms in total. The Kier molecular flexibility index (Phi) is 4.84. The maximum atomic E-state index is 12.6. The second kappa shape index (κ2) is 6.67. The fraction of sp³-hybridized carbons (Fsp3) is 0.133. The van der Waals surface area contributed by atoms with Gasteiger partial charge in [-0.1, -0.05) is 6.07 Å². The van der Waals surface area contributed by atoms with E-state index in [9.17, 15) is 23.3 Å². The van der Waals surface area contributed by atoms with Crippen LogP contribution in [0.4, 0.5) is 11.4 Å². The van der Waals surface area contributed by atoms with Crippen LogP contribution in [0.25, 0.3) is 0 Å². The van der Waals surface area contributed by atoms with Gasteiger partial charge in [0.2, 0.25) is 0 Å². The third kappa shape index (κ3) is 3.35. The van der Waals surface area contributed by atoms with E-state index < -0.39 is 20.9 Å². The van der Waals surface area contributed by atoms with Gasteiger partial charge in [-0.05, 0) is 30.3 Å². The summed E-state index contributed by atoms with van der Waals surface area (Å²) in [7, 11) is -1.41. The average Bonchev–Trinajstić information content (AvgIpc) is 2.60. The molecule has 0 saturated carbocycles. The van der Waals surface area contributed by atoms with Crippen LogP contribution >= 0.6 is 0 Å². The second-order valence-electron chi connectivity index (χ2n) is 4.77. The quantitative estimate of drug-likeness (QED) is 0.465. The molecule has 0 radical (unpaired) electrons. The highest BCUT2D eigenvalue weighted by molar-refractivity contribution is 7.92. The molecule has 0 aromatic heterocycles. The first-order chi connectivity index (χ1) is 11.3. The van der Waals surface area contributed by atoms with Crippen LogP contribution in [0.3, 0.4) is 0 Å². The first-order valence-corrected chi connectivity index (χ1v) is 8.13. The summed E-state index contributed by atoms with van der Waals surface area (Å²) in [5, 5.41) is 10.8. The minimum absolute atomic E-state index is 0.198. The molecule has 2 aromatic carbocycles. The summed E-state index contributed by atoms with van der Waals surface area (Å²) in [6, 6.07) is 10.5. The van der Waals surface area contributed by atoms with E-state index in [-0.39, 0.29) is 16.1 Å². The van der Waals surface area contributed by atoms with Crippen LogP contribution in [0.5, 0.6) is 0 Å². The first-order valence-electron chi connectivity index (χ1n) is 6.69. The Morgan fingerprint density at radius 2 is 1.79 bits per heavy atom. The molecule has 0 bridgehead atoms. The molecule has 0 fully saturated rings. The summed E-state index contributed by atoms with van der Waals surface area (Å²) in [4.78, 5) is 21.3. The molecule has 0 aliphatic rings. The van der Waals surface area contributed by atoms with E-state index in [1.165, 1.54) is 56.6 Å². The Bertz CT molecular complexity index is 877. The highest BCUT2D eigenvalue weighted by Gasteiger charge is 2.23. The van der Waals surface area contributed by atoms with Crippen LogP contribution in [0.1, 0.15) is 10.4 Å². The minimum atomic E-state index is -3.97. The number of anilines is 1. The number of carbonyl (C=O) groups is 1. The van der Waals surface area contributed by atoms with Crippen molar-refractivity contribution < 1.29 is 22.9 Å². The van der Waals surface area contributed by atoms with E-state index >= 15 is 0 Å². The van der Waals surface area contributed by atoms with Crippen molar-refractivity contribution in [3.63, 3.8) is 0 Å². The number of nitro benzene ring substituents is 1. The van der Waals surface area contributed by atoms with Crippen LogP contribution in [-0.4, -0.2) is 33.5 Å². The predicted octanol–water partition coefficient (Wildman–Crippen LogP) is 2.21. The van der Waals surface area contributed by atoms with Crippen LogP contribution in [-0.2, 0) is 14.8 Å². The van der Waals surface area contributed by atoms with E-state index in [1.54, 1.807) is 0 Å². The van der Waals surface area contributed by atoms with Crippen molar-refractivity contribution in [2.45, 2.75) is 4.90 Å². The maximum Gasteiger partial charge on any atom is 0.337 e. The number of carbonyl (C=O) groups excluding carboxylic acids is 1. The number of esters is 1. The predicted molar refractivity (Wildman–Crippen MR) is 86.5 cm³/mol. The van der Waals surface area contributed by atoms with Crippen LogP contribution in [0, 0.1) is 10.1 Å². The Balaban J connectivity index is 2.37. The zero-order valence-electron chi connectivity index (χ0n) is 12.9. The molecule has 0 N–H and O–H groups in total. The Labute approximate surface area is 138 Å². The van der Waals surface area contributed by atoms with Crippen molar-refractivity contribution in [3.05, 3.63) is 64.2 Å². The number of hydrogen-bond donors (Lipinski definition) is 0. The molecular formula is C15H14N2O6S. The summed E-state index contributed by atoms with van der Waals surface area (Å²) in [6.45, 7) is 0. The smallest absolute Gasteiger partial charge is 0.337 e. The highest BCUT2D eigenvalue weighted by Crippen LogP contribution is 2.25. The molecule has 0 heterocycles. The average molecular weight is 350 g/mol. The molecular weight excluding hydrogens is 336 g/mol. The topological polar surface area (TPSA) is 107 Å². The van der Waals surface area contributed by atoms with E-state index in [0.29, 0.717) is 5.69 Å². The van der Waals surface area contributed by atoms with Crippen LogP contribution in [0.15, 0.2) is 53.4 Å². The highest BCUT2D eigenvalue weighted by atomic mass is 32.2. The fourth-order valence-electron chi connectivity index (χ4n) is 1.98. The molecule has 9 heteroatoms. The summed E-state index contributed by atoms with van der Waals surface area (Å²) in [6.07, 6.45) is 0. The lowest BCUT2D eigenvalue weighted by Gasteiger charge is -2.19. The molecule has 0 aliphatic heterocycles. The molecule has 0 atom stereocenters. The minimum Gasteiger partial charge on any atom is -0.465 e. The van der Waals surface area contributed by atoms with Crippen LogP contribution < -0.4 is 4.31 Å². The number of nitro groups is 1. The van der Waals surface area contributed by atoms with Crippen molar-refractivity contribution in [1.82, 2.24) is 0 Å². The second-order valence-corrected chi connectivity index (χ2v) is 6.73. The molecule has 2 aromatic rings. The van der Waals surface area contributed by atoms with Gasteiger partial charge in [-0.25, -0.2) is 13.2 Å². The third-order valence-corrected chi connectivity index (χ3v) is 5.12. The Hall–Kier alpha value is -2.94. The van der Waals surface area contributed by atoms with Gasteiger partial charge in [-0.2, -0.15) is 0 Å². The van der Waals surface area contributed by atoms with Gasteiger partial charge in [-0.15, -0.1) is 0 Å². The van der Waals surface area contributed by atoms with Gasteiger partial charge in [0.25, 0.3) is 15.7 Å². The molecule has 0 spiro atoms. The van der Waals surface area contributed by atoms with Gasteiger partial charge in [0.1, 0.15) is 0 Å². The monoisotopic (exact) mass is 350 g/mol. The lowest BCUT2D eigenvalue weighted by molar-refractivity contribution is -0.385. The lowest BCUT2D eigenvalue weighted by atomic mass is 10.2. The van der Waals surface area contributed by atoms with Crippen molar-refractivity contribution >= 4 is 27.4 Å². The van der Waals surface area contributed by atoms with Crippen molar-refractivity contribution in [2.24, 2.45) is 0 Å². The van der Waals surface area contributed by atoms with Gasteiger partial charge in [-0.3, -0.25) is 14.4 Å². The number of ether oxygens (including phenoxy) is 1. The maximum absolute atomic E-state index is 12.6. The number of sulfonamides is 1. The van der Waals surface area contributed by atoms with Crippen molar-refractivity contribution in [1.29, 1.82) is 0 Å². The normalized spacial score (nSPS) is 10.9. The van der Waals surface area contributed by atoms with E-state index in [1.807, 2.05) is 0 Å². The van der Waals surface area contributed by atoms with E-state index in [0.717, 1.165) is 10.4 Å². The zero-order chi connectivity index (χ0) is 17.9. The number of methoxy groups -OCH3 is 1. The number of benzene rings is 2. The Morgan fingerprint density at radius 1 is 1.17 bits per heavy atom. The van der Waals surface area contributed by atoms with Crippen molar-refractivity contribution in [2.75, 3.05) is 18.5 Å². The van der Waals surface area contributed by atoms with Gasteiger partial charge in [0.05, 0.1) is 28.2 Å². The van der Waals surface area contributed by atoms with Crippen LogP contribution in [0.2, 0.25) is 0 Å². The molecule has 0 aliphatic carbocycles. The fourth-order valence-corrected chi connectivity index (χ4v) is 3.22. The van der Waals surface area contributed by atoms with Crippen molar-refractivity contribution in [3.8, 4) is 0 Å². The van der Waals surface area contributed by atoms with E-state index in [2.05, 4.69) is 4.74 Å². The Morgan fingerprint density at radius 3 is 2.33 bits per heavy atom. The van der Waals surface area contributed by atoms with E-state index in [4.69, 9.17) is 0 Å². The molecule has 0 saturated heterocycles. The summed E-state index contributed by atoms with van der Waals surface area (Å²) >= 11 is 0. The molecule has 0 amide bonds. The molecule has 0 unspecified atom stereocenters. The van der Waals surface area contributed by atoms with Gasteiger partial charge in [0.15, 0.2) is 0 Å². The number of rotatable bonds is 5. The largest absolute Gasteiger partial charge is 0.465 e. The number of nitrogens with zero attached hydrogens (tertiary/aromatic N) is 2. The number of non-ortho nitro benzene ring substituents is 1. The van der Waals surface area contributed by atoms with Gasteiger partial charge in [0, 0.05) is 19.2 Å². The number of hydrogen-bond acceptors (Lipinski definition) is 6. The lowest BCUT2D eigenvalue weighted by Crippen LogP contribution is -2.26. The van der Waals surface area contributed by atoms with Gasteiger partial charge < -0.3 is 4.74 Å². The molecule has 2 rings (SSSR count). The molecule has 24 heavy (non-hydrogen) atoms. The molecule has 126 valence electrons. The summed E-state index contributed by atoms with van der Waals surface area (Å²) < 4.78 is 30.7. The summed E-state index contributed by atoms with van der Waals surface area (Å²) in [5.41, 5.74) is 0.266. The first kappa shape index (κ1) is 17.4.